The number of hydrogen-bond acceptors (Lipinski definition) is 8. The normalized spacial score (nSPS) is 23.8. The highest BCUT2D eigenvalue weighted by Crippen LogP contribution is 2.47. The molecule has 9 nitrogen and oxygen atoms in total. The second-order valence-corrected chi connectivity index (χ2v) is 7.63. The third-order valence-corrected chi connectivity index (χ3v) is 5.76. The van der Waals surface area contributed by atoms with E-state index in [1.165, 1.54) is 43.0 Å². The molecule has 1 amide bonds. The zero-order chi connectivity index (χ0) is 18.9. The zero-order valence-corrected chi connectivity index (χ0v) is 14.7. The molecule has 0 radical (unpaired) electrons. The molecule has 1 unspecified atom stereocenters. The van der Waals surface area contributed by atoms with Crippen LogP contribution in [0.5, 0.6) is 0 Å². The molecule has 0 spiro atoms. The monoisotopic (exact) mass is 380 g/mol. The Hall–Kier alpha value is -2.62. The van der Waals surface area contributed by atoms with Crippen molar-refractivity contribution in [1.29, 1.82) is 0 Å². The lowest BCUT2D eigenvalue weighted by molar-refractivity contribution is -0.384. The van der Waals surface area contributed by atoms with Gasteiger partial charge in [-0.3, -0.25) is 24.5 Å². The summed E-state index contributed by atoms with van der Waals surface area (Å²) < 4.78 is 9.23. The topological polar surface area (TPSA) is 116 Å². The summed E-state index contributed by atoms with van der Waals surface area (Å²) in [7, 11) is 0. The summed E-state index contributed by atoms with van der Waals surface area (Å²) in [5.74, 6) is -1.15. The van der Waals surface area contributed by atoms with Gasteiger partial charge in [0.1, 0.15) is 13.2 Å². The van der Waals surface area contributed by atoms with Gasteiger partial charge in [-0.1, -0.05) is 0 Å². The van der Waals surface area contributed by atoms with Crippen LogP contribution in [-0.2, 0) is 30.5 Å². The molecule has 3 rings (SSSR count). The highest BCUT2D eigenvalue weighted by atomic mass is 32.2. The molecule has 2 aliphatic heterocycles. The summed E-state index contributed by atoms with van der Waals surface area (Å²) in [4.78, 5) is 47.2. The van der Waals surface area contributed by atoms with Crippen molar-refractivity contribution in [3.05, 3.63) is 39.9 Å². The molecule has 0 aliphatic carbocycles. The summed E-state index contributed by atoms with van der Waals surface area (Å²) in [6, 6.07) is 5.66. The predicted molar refractivity (Wildman–Crippen MR) is 90.0 cm³/mol. The quantitative estimate of drug-likeness (QED) is 0.313. The minimum atomic E-state index is -1.15. The molecule has 0 saturated carbocycles. The first-order valence-electron chi connectivity index (χ1n) is 7.82. The number of nitro groups is 1. The number of nitro benzene ring substituents is 1. The van der Waals surface area contributed by atoms with Crippen molar-refractivity contribution in [3.8, 4) is 0 Å². The maximum absolute atomic E-state index is 12.7. The number of carbonyl (C=O) groups is 3. The molecule has 2 heterocycles. The largest absolute Gasteiger partial charge is 0.464 e. The zero-order valence-electron chi connectivity index (χ0n) is 13.9. The molecule has 1 aromatic rings. The lowest BCUT2D eigenvalue weighted by atomic mass is 10.1. The lowest BCUT2D eigenvalue weighted by Crippen LogP contribution is -2.50. The average Bonchev–Trinajstić information content (AvgIpc) is 2.92. The van der Waals surface area contributed by atoms with Gasteiger partial charge in [0, 0.05) is 19.1 Å². The van der Waals surface area contributed by atoms with Crippen LogP contribution in [0.4, 0.5) is 5.69 Å². The van der Waals surface area contributed by atoms with Gasteiger partial charge in [-0.15, -0.1) is 11.8 Å². The molecule has 2 aliphatic rings. The van der Waals surface area contributed by atoms with Crippen LogP contribution in [0.2, 0.25) is 0 Å². The van der Waals surface area contributed by atoms with Crippen LogP contribution in [0.3, 0.4) is 0 Å². The third-order valence-electron chi connectivity index (χ3n) is 4.20. The number of nitrogens with zero attached hydrogens (tertiary/aromatic N) is 2. The Labute approximate surface area is 152 Å². The van der Waals surface area contributed by atoms with Gasteiger partial charge in [-0.05, 0) is 17.7 Å². The summed E-state index contributed by atoms with van der Waals surface area (Å²) in [5, 5.41) is 10.6. The number of non-ortho nitro benzene ring substituents is 1. The van der Waals surface area contributed by atoms with E-state index in [-0.39, 0.29) is 36.7 Å². The Morgan fingerprint density at radius 1 is 1.35 bits per heavy atom. The second-order valence-electron chi connectivity index (χ2n) is 6.07. The molecule has 2 saturated heterocycles. The Morgan fingerprint density at radius 2 is 2.04 bits per heavy atom. The Balaban J connectivity index is 1.66. The van der Waals surface area contributed by atoms with E-state index in [1.54, 1.807) is 4.90 Å². The molecule has 0 bridgehead atoms. The van der Waals surface area contributed by atoms with E-state index >= 15 is 0 Å². The van der Waals surface area contributed by atoms with E-state index in [1.807, 2.05) is 0 Å². The number of hydrogen-bond donors (Lipinski definition) is 0. The van der Waals surface area contributed by atoms with Crippen molar-refractivity contribution in [2.24, 2.45) is 0 Å². The molecular weight excluding hydrogens is 364 g/mol. The number of carbonyl (C=O) groups excluding carboxylic acids is 3. The van der Waals surface area contributed by atoms with Gasteiger partial charge >= 0.3 is 11.9 Å². The first-order valence-corrected chi connectivity index (χ1v) is 8.70. The standard InChI is InChI=1S/C16H16N2O7S/c1-10(19)25-9-16(8-17-13(20)6-14(17)26-16)15(21)24-7-11-2-4-12(5-3-11)18(22)23/h2-5,14H,6-9H2,1H3/t14-,16?/m1/s1. The molecule has 138 valence electrons. The highest BCUT2D eigenvalue weighted by molar-refractivity contribution is 8.02. The van der Waals surface area contributed by atoms with Gasteiger partial charge in [0.05, 0.1) is 23.3 Å². The number of ether oxygens (including phenoxy) is 2. The van der Waals surface area contributed by atoms with E-state index < -0.39 is 21.6 Å². The van der Waals surface area contributed by atoms with Crippen molar-refractivity contribution < 1.29 is 28.8 Å². The van der Waals surface area contributed by atoms with Crippen molar-refractivity contribution in [3.63, 3.8) is 0 Å². The molecule has 2 atom stereocenters. The van der Waals surface area contributed by atoms with Crippen LogP contribution in [0, 0.1) is 10.1 Å². The van der Waals surface area contributed by atoms with Gasteiger partial charge in [-0.2, -0.15) is 0 Å². The van der Waals surface area contributed by atoms with Crippen LogP contribution in [0.1, 0.15) is 18.9 Å². The number of β-lactam (4-membered cyclic amide) rings is 1. The van der Waals surface area contributed by atoms with Gasteiger partial charge in [-0.25, -0.2) is 0 Å². The van der Waals surface area contributed by atoms with Crippen LogP contribution in [0.15, 0.2) is 24.3 Å². The molecule has 0 aromatic heterocycles. The fourth-order valence-electron chi connectivity index (χ4n) is 2.76. The van der Waals surface area contributed by atoms with Gasteiger partial charge < -0.3 is 14.4 Å². The maximum atomic E-state index is 12.7. The van der Waals surface area contributed by atoms with Crippen molar-refractivity contribution in [1.82, 2.24) is 4.90 Å². The average molecular weight is 380 g/mol. The summed E-state index contributed by atoms with van der Waals surface area (Å²) in [6.07, 6.45) is 0.349. The summed E-state index contributed by atoms with van der Waals surface area (Å²) in [5.41, 5.74) is 0.537. The minimum Gasteiger partial charge on any atom is -0.464 e. The van der Waals surface area contributed by atoms with Gasteiger partial charge in [0.25, 0.3) is 5.69 Å². The number of thioether (sulfide) groups is 1. The van der Waals surface area contributed by atoms with E-state index in [2.05, 4.69) is 0 Å². The lowest BCUT2D eigenvalue weighted by Gasteiger charge is -2.32. The fraction of sp³-hybridized carbons (Fsp3) is 0.438. The molecule has 2 fully saturated rings. The van der Waals surface area contributed by atoms with Crippen LogP contribution < -0.4 is 0 Å². The number of fused-ring (bicyclic) bond motifs is 1. The van der Waals surface area contributed by atoms with Crippen molar-refractivity contribution in [2.45, 2.75) is 30.1 Å². The number of rotatable bonds is 6. The Bertz CT molecular complexity index is 766. The third kappa shape index (κ3) is 3.50. The molecule has 10 heteroatoms. The fourth-order valence-corrected chi connectivity index (χ4v) is 4.32. The van der Waals surface area contributed by atoms with Crippen LogP contribution >= 0.6 is 11.8 Å². The summed E-state index contributed by atoms with van der Waals surface area (Å²) in [6.45, 7) is 1.13. The van der Waals surface area contributed by atoms with Crippen LogP contribution in [0.25, 0.3) is 0 Å². The molecule has 1 aromatic carbocycles. The Kier molecular flexibility index (Phi) is 4.86. The predicted octanol–water partition coefficient (Wildman–Crippen LogP) is 1.25. The SMILES string of the molecule is CC(=O)OCC1(C(=O)OCc2ccc([N+](=O)[O-])cc2)CN2C(=O)C[C@H]2S1. The highest BCUT2D eigenvalue weighted by Gasteiger charge is 2.58. The molecule has 26 heavy (non-hydrogen) atoms. The van der Waals surface area contributed by atoms with E-state index in [4.69, 9.17) is 9.47 Å². The number of esters is 2. The Morgan fingerprint density at radius 3 is 2.58 bits per heavy atom. The van der Waals surface area contributed by atoms with Crippen molar-refractivity contribution >= 4 is 35.3 Å². The number of amides is 1. The van der Waals surface area contributed by atoms with Gasteiger partial charge in [0.15, 0.2) is 4.75 Å². The van der Waals surface area contributed by atoms with Gasteiger partial charge in [0.2, 0.25) is 5.91 Å². The van der Waals surface area contributed by atoms with Crippen molar-refractivity contribution in [2.75, 3.05) is 13.2 Å². The number of benzene rings is 1. The smallest absolute Gasteiger partial charge is 0.328 e. The molecular formula is C16H16N2O7S. The minimum absolute atomic E-state index is 0.0460. The van der Waals surface area contributed by atoms with Crippen LogP contribution in [-0.4, -0.2) is 50.9 Å². The second kappa shape index (κ2) is 6.94. The molecule has 0 N–H and O–H groups in total. The summed E-state index contributed by atoms with van der Waals surface area (Å²) >= 11 is 1.27. The first kappa shape index (κ1) is 18.2. The first-order chi connectivity index (χ1) is 12.3. The maximum Gasteiger partial charge on any atom is 0.328 e. The van der Waals surface area contributed by atoms with E-state index in [9.17, 15) is 24.5 Å². The van der Waals surface area contributed by atoms with E-state index in [0.717, 1.165) is 0 Å². The van der Waals surface area contributed by atoms with E-state index in [0.29, 0.717) is 12.0 Å².